The number of benzene rings is 1. The van der Waals surface area contributed by atoms with Crippen molar-refractivity contribution in [3.8, 4) is 5.75 Å². The lowest BCUT2D eigenvalue weighted by Gasteiger charge is -2.24. The number of amides is 1. The third-order valence-corrected chi connectivity index (χ3v) is 3.20. The summed E-state index contributed by atoms with van der Waals surface area (Å²) in [6, 6.07) is 7.18. The average molecular weight is 294 g/mol. The summed E-state index contributed by atoms with van der Waals surface area (Å²) in [5.74, 6) is 0.674. The third kappa shape index (κ3) is 7.56. The fourth-order valence-electron chi connectivity index (χ4n) is 1.76. The van der Waals surface area contributed by atoms with Crippen LogP contribution in [0.25, 0.3) is 0 Å². The van der Waals surface area contributed by atoms with E-state index in [1.54, 1.807) is 19.2 Å². The van der Waals surface area contributed by atoms with Gasteiger partial charge < -0.3 is 20.5 Å². The van der Waals surface area contributed by atoms with Gasteiger partial charge in [0.15, 0.2) is 0 Å². The predicted octanol–water partition coefficient (Wildman–Crippen LogP) is 2.22. The summed E-state index contributed by atoms with van der Waals surface area (Å²) in [7, 11) is 1.68. The van der Waals surface area contributed by atoms with Crippen LogP contribution < -0.4 is 15.8 Å². The fourth-order valence-corrected chi connectivity index (χ4v) is 1.76. The Morgan fingerprint density at radius 1 is 1.33 bits per heavy atom. The molecule has 0 heterocycles. The summed E-state index contributed by atoms with van der Waals surface area (Å²) >= 11 is 0. The maximum Gasteiger partial charge on any atom is 0.223 e. The van der Waals surface area contributed by atoms with Crippen molar-refractivity contribution in [1.29, 1.82) is 0 Å². The molecule has 5 nitrogen and oxygen atoms in total. The molecule has 0 spiro atoms. The smallest absolute Gasteiger partial charge is 0.223 e. The van der Waals surface area contributed by atoms with Gasteiger partial charge in [-0.3, -0.25) is 4.79 Å². The van der Waals surface area contributed by atoms with Crippen LogP contribution in [0, 0.1) is 5.41 Å². The van der Waals surface area contributed by atoms with Gasteiger partial charge in [-0.1, -0.05) is 19.9 Å². The molecule has 0 saturated heterocycles. The van der Waals surface area contributed by atoms with E-state index in [2.05, 4.69) is 19.2 Å². The lowest BCUT2D eigenvalue weighted by atomic mass is 9.90. The Morgan fingerprint density at radius 3 is 2.76 bits per heavy atom. The summed E-state index contributed by atoms with van der Waals surface area (Å²) < 4.78 is 10.6. The average Bonchev–Trinajstić information content (AvgIpc) is 2.43. The van der Waals surface area contributed by atoms with E-state index in [9.17, 15) is 4.79 Å². The second-order valence-electron chi connectivity index (χ2n) is 5.85. The van der Waals surface area contributed by atoms with Crippen LogP contribution in [0.4, 0.5) is 5.69 Å². The van der Waals surface area contributed by atoms with Gasteiger partial charge in [-0.15, -0.1) is 0 Å². The van der Waals surface area contributed by atoms with E-state index in [0.717, 1.165) is 6.42 Å². The number of nitrogens with one attached hydrogen (secondary N) is 1. The Labute approximate surface area is 126 Å². The van der Waals surface area contributed by atoms with E-state index in [-0.39, 0.29) is 11.3 Å². The van der Waals surface area contributed by atoms with E-state index >= 15 is 0 Å². The topological polar surface area (TPSA) is 73.6 Å². The van der Waals surface area contributed by atoms with Gasteiger partial charge in [0.2, 0.25) is 5.91 Å². The number of carbonyl (C=O) groups excluding carboxylic acids is 1. The van der Waals surface area contributed by atoms with Crippen molar-refractivity contribution in [3.05, 3.63) is 24.3 Å². The van der Waals surface area contributed by atoms with Gasteiger partial charge in [0, 0.05) is 32.0 Å². The van der Waals surface area contributed by atoms with Crippen molar-refractivity contribution < 1.29 is 14.3 Å². The first-order valence-electron chi connectivity index (χ1n) is 7.17. The minimum atomic E-state index is -0.00982. The summed E-state index contributed by atoms with van der Waals surface area (Å²) in [6.07, 6.45) is 1.23. The van der Waals surface area contributed by atoms with Crippen LogP contribution in [0.5, 0.6) is 5.75 Å². The van der Waals surface area contributed by atoms with Crippen molar-refractivity contribution >= 4 is 11.6 Å². The highest BCUT2D eigenvalue weighted by Gasteiger charge is 2.18. The number of nitrogen functional groups attached to an aromatic ring is 1. The Morgan fingerprint density at radius 2 is 2.10 bits per heavy atom. The molecule has 3 N–H and O–H groups in total. The van der Waals surface area contributed by atoms with Crippen molar-refractivity contribution in [2.45, 2.75) is 26.7 Å². The number of anilines is 1. The van der Waals surface area contributed by atoms with E-state index in [0.29, 0.717) is 37.6 Å². The van der Waals surface area contributed by atoms with Gasteiger partial charge in [0.25, 0.3) is 0 Å². The van der Waals surface area contributed by atoms with Crippen molar-refractivity contribution in [2.24, 2.45) is 5.41 Å². The van der Waals surface area contributed by atoms with Crippen LogP contribution in [0.3, 0.4) is 0 Å². The van der Waals surface area contributed by atoms with E-state index in [4.69, 9.17) is 15.2 Å². The number of carbonyl (C=O) groups is 1. The minimum Gasteiger partial charge on any atom is -0.493 e. The maximum atomic E-state index is 11.8. The SMILES string of the molecule is COCCC(C)(C)CNC(=O)CCOc1cccc(N)c1. The molecule has 5 heteroatoms. The largest absolute Gasteiger partial charge is 0.493 e. The Balaban J connectivity index is 2.22. The highest BCUT2D eigenvalue weighted by atomic mass is 16.5. The second kappa shape index (κ2) is 8.52. The normalized spacial score (nSPS) is 11.2. The fraction of sp³-hybridized carbons (Fsp3) is 0.562. The third-order valence-electron chi connectivity index (χ3n) is 3.20. The zero-order valence-electron chi connectivity index (χ0n) is 13.1. The second-order valence-corrected chi connectivity index (χ2v) is 5.85. The molecule has 1 rings (SSSR count). The summed E-state index contributed by atoms with van der Waals surface area (Å²) in [5.41, 5.74) is 6.33. The van der Waals surface area contributed by atoms with Crippen LogP contribution in [0.2, 0.25) is 0 Å². The first-order chi connectivity index (χ1) is 9.93. The molecule has 21 heavy (non-hydrogen) atoms. The van der Waals surface area contributed by atoms with Crippen LogP contribution >= 0.6 is 0 Å². The Kier molecular flexibility index (Phi) is 7.02. The van der Waals surface area contributed by atoms with E-state index in [1.807, 2.05) is 12.1 Å². The number of nitrogens with two attached hydrogens (primary N) is 1. The van der Waals surface area contributed by atoms with Gasteiger partial charge in [-0.2, -0.15) is 0 Å². The number of methoxy groups -OCH3 is 1. The van der Waals surface area contributed by atoms with E-state index < -0.39 is 0 Å². The monoisotopic (exact) mass is 294 g/mol. The molecule has 1 amide bonds. The molecule has 0 bridgehead atoms. The van der Waals surface area contributed by atoms with Crippen LogP contribution in [-0.4, -0.2) is 32.8 Å². The van der Waals surface area contributed by atoms with Crippen molar-refractivity contribution in [3.63, 3.8) is 0 Å². The highest BCUT2D eigenvalue weighted by molar-refractivity contribution is 5.76. The number of ether oxygens (including phenoxy) is 2. The first-order valence-corrected chi connectivity index (χ1v) is 7.17. The van der Waals surface area contributed by atoms with Gasteiger partial charge in [0.1, 0.15) is 5.75 Å². The highest BCUT2D eigenvalue weighted by Crippen LogP contribution is 2.18. The zero-order valence-corrected chi connectivity index (χ0v) is 13.1. The molecule has 118 valence electrons. The van der Waals surface area contributed by atoms with Crippen LogP contribution in [0.1, 0.15) is 26.7 Å². The number of hydrogen-bond donors (Lipinski definition) is 2. The molecule has 0 aliphatic heterocycles. The van der Waals surface area contributed by atoms with Crippen LogP contribution in [-0.2, 0) is 9.53 Å². The molecule has 1 aromatic carbocycles. The predicted molar refractivity (Wildman–Crippen MR) is 84.3 cm³/mol. The lowest BCUT2D eigenvalue weighted by Crippen LogP contribution is -2.35. The molecule has 0 atom stereocenters. The molecule has 1 aromatic rings. The van der Waals surface area contributed by atoms with Crippen molar-refractivity contribution in [2.75, 3.05) is 32.6 Å². The molecular formula is C16H26N2O3. The van der Waals surface area contributed by atoms with Gasteiger partial charge in [-0.05, 0) is 24.0 Å². The Bertz CT molecular complexity index is 447. The quantitative estimate of drug-likeness (QED) is 0.685. The zero-order chi connectivity index (χ0) is 15.7. The molecule has 0 radical (unpaired) electrons. The molecule has 0 saturated carbocycles. The lowest BCUT2D eigenvalue weighted by molar-refractivity contribution is -0.122. The molecule has 0 fully saturated rings. The van der Waals surface area contributed by atoms with Gasteiger partial charge in [-0.25, -0.2) is 0 Å². The van der Waals surface area contributed by atoms with E-state index in [1.165, 1.54) is 0 Å². The van der Waals surface area contributed by atoms with Crippen molar-refractivity contribution in [1.82, 2.24) is 5.32 Å². The van der Waals surface area contributed by atoms with Crippen LogP contribution in [0.15, 0.2) is 24.3 Å². The summed E-state index contributed by atoms with van der Waals surface area (Å²) in [6.45, 7) is 5.88. The molecular weight excluding hydrogens is 268 g/mol. The number of rotatable bonds is 9. The summed E-state index contributed by atoms with van der Waals surface area (Å²) in [4.78, 5) is 11.8. The Hall–Kier alpha value is -1.75. The molecule has 0 unspecified atom stereocenters. The summed E-state index contributed by atoms with van der Waals surface area (Å²) in [5, 5.41) is 2.93. The standard InChI is InChI=1S/C16H26N2O3/c1-16(2,8-10-20-3)12-18-15(19)7-9-21-14-6-4-5-13(17)11-14/h4-6,11H,7-10,12,17H2,1-3H3,(H,18,19). The minimum absolute atomic E-state index is 0.00982. The van der Waals surface area contributed by atoms with Gasteiger partial charge in [0.05, 0.1) is 13.0 Å². The molecule has 0 aliphatic rings. The molecule has 0 aliphatic carbocycles. The van der Waals surface area contributed by atoms with Gasteiger partial charge >= 0.3 is 0 Å². The first kappa shape index (κ1) is 17.3. The number of hydrogen-bond acceptors (Lipinski definition) is 4. The molecule has 0 aromatic heterocycles. The maximum absolute atomic E-state index is 11.8.